The topological polar surface area (TPSA) is 39.1 Å². The fourth-order valence-electron chi connectivity index (χ4n) is 3.63. The third kappa shape index (κ3) is 4.09. The number of hydrogen-bond donors (Lipinski definition) is 1. The molecule has 0 unspecified atom stereocenters. The van der Waals surface area contributed by atoms with Crippen molar-refractivity contribution in [3.8, 4) is 11.4 Å². The molecule has 0 saturated carbocycles. The van der Waals surface area contributed by atoms with Crippen molar-refractivity contribution in [1.29, 1.82) is 0 Å². The van der Waals surface area contributed by atoms with E-state index in [0.29, 0.717) is 12.1 Å². The predicted molar refractivity (Wildman–Crippen MR) is 106 cm³/mol. The molecule has 152 valence electrons. The van der Waals surface area contributed by atoms with E-state index in [1.165, 1.54) is 12.1 Å². The molecule has 0 radical (unpaired) electrons. The largest absolute Gasteiger partial charge is 0.497 e. The molecule has 2 aromatic carbocycles. The number of ether oxygens (including phenoxy) is 1. The molecule has 0 amide bonds. The first-order valence-corrected chi connectivity index (χ1v) is 9.61. The first-order chi connectivity index (χ1) is 14.0. The molecule has 0 spiro atoms. The quantitative estimate of drug-likeness (QED) is 0.650. The minimum Gasteiger partial charge on any atom is -0.497 e. The Hall–Kier alpha value is -2.96. The second-order valence-electron chi connectivity index (χ2n) is 7.14. The summed E-state index contributed by atoms with van der Waals surface area (Å²) in [6.07, 6.45) is -0.703. The van der Waals surface area contributed by atoms with E-state index < -0.39 is 11.7 Å². The molecular weight excluding hydrogens is 379 g/mol. The molecule has 0 saturated heterocycles. The number of aromatic nitrogens is 2. The van der Waals surface area contributed by atoms with Crippen molar-refractivity contribution >= 4 is 5.82 Å². The smallest absolute Gasteiger partial charge is 0.416 e. The molecule has 0 atom stereocenters. The zero-order valence-electron chi connectivity index (χ0n) is 16.1. The summed E-state index contributed by atoms with van der Waals surface area (Å²) in [6, 6.07) is 13.0. The Bertz CT molecular complexity index is 976. The lowest BCUT2D eigenvalue weighted by Crippen LogP contribution is -2.08. The Morgan fingerprint density at radius 2 is 1.76 bits per heavy atom. The van der Waals surface area contributed by atoms with Crippen molar-refractivity contribution < 1.29 is 17.9 Å². The monoisotopic (exact) mass is 401 g/mol. The molecule has 1 aliphatic heterocycles. The van der Waals surface area contributed by atoms with E-state index in [4.69, 9.17) is 9.84 Å². The highest BCUT2D eigenvalue weighted by atomic mass is 19.4. The normalized spacial score (nSPS) is 14.1. The van der Waals surface area contributed by atoms with Gasteiger partial charge >= 0.3 is 6.18 Å². The predicted octanol–water partition coefficient (Wildman–Crippen LogP) is 5.24. The van der Waals surface area contributed by atoms with E-state index in [9.17, 15) is 13.2 Å². The van der Waals surface area contributed by atoms with Crippen molar-refractivity contribution in [1.82, 2.24) is 9.78 Å². The lowest BCUT2D eigenvalue weighted by Gasteiger charge is -2.11. The number of anilines is 1. The second kappa shape index (κ2) is 7.81. The van der Waals surface area contributed by atoms with Gasteiger partial charge in [-0.2, -0.15) is 18.3 Å². The fraction of sp³-hybridized carbons (Fsp3) is 0.318. The van der Waals surface area contributed by atoms with Crippen LogP contribution in [0, 0.1) is 0 Å². The van der Waals surface area contributed by atoms with Gasteiger partial charge in [-0.1, -0.05) is 12.1 Å². The Morgan fingerprint density at radius 1 is 1.03 bits per heavy atom. The maximum absolute atomic E-state index is 12.9. The minimum absolute atomic E-state index is 0.615. The van der Waals surface area contributed by atoms with E-state index in [-0.39, 0.29) is 0 Å². The number of methoxy groups -OCH3 is 1. The molecule has 1 aromatic heterocycles. The summed E-state index contributed by atoms with van der Waals surface area (Å²) in [7, 11) is 1.63. The molecule has 3 aromatic rings. The Morgan fingerprint density at radius 3 is 2.41 bits per heavy atom. The van der Waals surface area contributed by atoms with Crippen LogP contribution in [0.15, 0.2) is 48.5 Å². The van der Waals surface area contributed by atoms with Crippen LogP contribution < -0.4 is 10.1 Å². The maximum atomic E-state index is 12.9. The molecule has 2 heterocycles. The molecule has 7 heteroatoms. The average molecular weight is 401 g/mol. The lowest BCUT2D eigenvalue weighted by molar-refractivity contribution is -0.137. The van der Waals surface area contributed by atoms with Gasteiger partial charge in [-0.3, -0.25) is 0 Å². The van der Waals surface area contributed by atoms with Crippen LogP contribution in [0.4, 0.5) is 19.0 Å². The van der Waals surface area contributed by atoms with E-state index in [1.54, 1.807) is 11.8 Å². The molecule has 0 aliphatic carbocycles. The first kappa shape index (κ1) is 19.4. The third-order valence-corrected chi connectivity index (χ3v) is 5.18. The number of nitrogens with zero attached hydrogens (tertiary/aromatic N) is 2. The zero-order valence-corrected chi connectivity index (χ0v) is 16.1. The highest BCUT2D eigenvalue weighted by molar-refractivity contribution is 5.55. The van der Waals surface area contributed by atoms with Gasteiger partial charge < -0.3 is 10.1 Å². The van der Waals surface area contributed by atoms with E-state index in [1.807, 2.05) is 24.3 Å². The molecule has 0 bridgehead atoms. The molecule has 1 N–H and O–H groups in total. The molecule has 1 aliphatic rings. The van der Waals surface area contributed by atoms with Crippen LogP contribution in [0.25, 0.3) is 5.69 Å². The van der Waals surface area contributed by atoms with Crippen LogP contribution in [0.2, 0.25) is 0 Å². The van der Waals surface area contributed by atoms with Gasteiger partial charge in [0.2, 0.25) is 0 Å². The number of rotatable bonds is 4. The molecule has 4 rings (SSSR count). The van der Waals surface area contributed by atoms with E-state index >= 15 is 0 Å². The lowest BCUT2D eigenvalue weighted by atomic mass is 10.0. The third-order valence-electron chi connectivity index (χ3n) is 5.18. The van der Waals surface area contributed by atoms with Gasteiger partial charge in [0.15, 0.2) is 0 Å². The van der Waals surface area contributed by atoms with E-state index in [2.05, 4.69) is 5.32 Å². The van der Waals surface area contributed by atoms with Crippen molar-refractivity contribution in [2.24, 2.45) is 0 Å². The average Bonchev–Trinajstić information content (AvgIpc) is 2.89. The zero-order chi connectivity index (χ0) is 20.4. The van der Waals surface area contributed by atoms with Gasteiger partial charge in [-0.15, -0.1) is 0 Å². The van der Waals surface area contributed by atoms with Crippen LogP contribution in [0.5, 0.6) is 5.75 Å². The highest BCUT2D eigenvalue weighted by Gasteiger charge is 2.30. The summed E-state index contributed by atoms with van der Waals surface area (Å²) in [6.45, 7) is 0.821. The first-order valence-electron chi connectivity index (χ1n) is 9.61. The van der Waals surface area contributed by atoms with Gasteiger partial charge in [0.05, 0.1) is 24.1 Å². The minimum atomic E-state index is -4.35. The maximum Gasteiger partial charge on any atom is 0.416 e. The second-order valence-corrected chi connectivity index (χ2v) is 7.14. The van der Waals surface area contributed by atoms with Crippen molar-refractivity contribution in [2.75, 3.05) is 19.0 Å². The van der Waals surface area contributed by atoms with Crippen molar-refractivity contribution in [3.05, 3.63) is 70.9 Å². The number of nitrogens with one attached hydrogen (secondary N) is 1. The summed E-state index contributed by atoms with van der Waals surface area (Å²) < 4.78 is 45.7. The SMILES string of the molecule is COc1ccc(Cc2nn(-c3ccc(C(F)(F)F)cc3)c3c2CCCCN3)cc1. The van der Waals surface area contributed by atoms with Crippen molar-refractivity contribution in [3.63, 3.8) is 0 Å². The number of halogens is 3. The van der Waals surface area contributed by atoms with Crippen LogP contribution in [-0.2, 0) is 19.0 Å². The number of alkyl halides is 3. The standard InChI is InChI=1S/C22H22F3N3O/c1-29-18-11-5-15(6-12-18)14-20-19-4-2-3-13-26-21(19)28(27-20)17-9-7-16(8-10-17)22(23,24)25/h5-12,26H,2-4,13-14H2,1H3. The molecule has 29 heavy (non-hydrogen) atoms. The van der Waals surface area contributed by atoms with Crippen LogP contribution >= 0.6 is 0 Å². The summed E-state index contributed by atoms with van der Waals surface area (Å²) in [5, 5.41) is 8.19. The van der Waals surface area contributed by atoms with Gasteiger partial charge in [0.1, 0.15) is 11.6 Å². The van der Waals surface area contributed by atoms with Gasteiger partial charge in [0, 0.05) is 18.5 Å². The van der Waals surface area contributed by atoms with Crippen molar-refractivity contribution in [2.45, 2.75) is 31.9 Å². The van der Waals surface area contributed by atoms with Gasteiger partial charge in [-0.25, -0.2) is 4.68 Å². The summed E-state index contributed by atoms with van der Waals surface area (Å²) in [5.41, 5.74) is 3.14. The van der Waals surface area contributed by atoms with Crippen LogP contribution in [0.1, 0.15) is 35.2 Å². The fourth-order valence-corrected chi connectivity index (χ4v) is 3.63. The number of fused-ring (bicyclic) bond motifs is 1. The Labute approximate surface area is 167 Å². The van der Waals surface area contributed by atoms with Crippen LogP contribution in [-0.4, -0.2) is 23.4 Å². The molecule has 0 fully saturated rings. The molecule has 4 nitrogen and oxygen atoms in total. The Balaban J connectivity index is 1.70. The molecular formula is C22H22F3N3O. The van der Waals surface area contributed by atoms with Crippen LogP contribution in [0.3, 0.4) is 0 Å². The van der Waals surface area contributed by atoms with Gasteiger partial charge in [-0.05, 0) is 61.2 Å². The summed E-state index contributed by atoms with van der Waals surface area (Å²) in [4.78, 5) is 0. The Kier molecular flexibility index (Phi) is 5.22. The summed E-state index contributed by atoms with van der Waals surface area (Å²) >= 11 is 0. The summed E-state index contributed by atoms with van der Waals surface area (Å²) in [5.74, 6) is 1.68. The number of hydrogen-bond acceptors (Lipinski definition) is 3. The van der Waals surface area contributed by atoms with E-state index in [0.717, 1.165) is 66.3 Å². The van der Waals surface area contributed by atoms with Gasteiger partial charge in [0.25, 0.3) is 0 Å². The highest BCUT2D eigenvalue weighted by Crippen LogP contribution is 2.32. The number of benzene rings is 2.